The zero-order valence-electron chi connectivity index (χ0n) is 17.4. The van der Waals surface area contributed by atoms with Crippen LogP contribution in [0.4, 0.5) is 10.5 Å². The molecule has 32 heavy (non-hydrogen) atoms. The molecule has 2 fully saturated rings. The summed E-state index contributed by atoms with van der Waals surface area (Å²) in [5, 5.41) is 4.89. The molecule has 2 aliphatic heterocycles. The van der Waals surface area contributed by atoms with Crippen molar-refractivity contribution in [3.8, 4) is 11.5 Å². The maximum absolute atomic E-state index is 12.4. The van der Waals surface area contributed by atoms with Crippen LogP contribution in [0.5, 0.6) is 11.5 Å². The molecule has 8 heteroatoms. The minimum absolute atomic E-state index is 0.114. The lowest BCUT2D eigenvalue weighted by molar-refractivity contribution is -0.709. The predicted octanol–water partition coefficient (Wildman–Crippen LogP) is 2.92. The van der Waals surface area contributed by atoms with Crippen LogP contribution in [-0.4, -0.2) is 43.7 Å². The number of carbonyl (C=O) groups excluding carboxylic acids is 1. The van der Waals surface area contributed by atoms with E-state index in [1.807, 2.05) is 42.5 Å². The topological polar surface area (TPSA) is 95.8 Å². The monoisotopic (exact) mass is 437 g/mol. The largest absolute Gasteiger partial charge is 0.463 e. The third-order valence-corrected chi connectivity index (χ3v) is 5.59. The Bertz CT molecular complexity index is 1010. The van der Waals surface area contributed by atoms with Crippen molar-refractivity contribution < 1.29 is 33.5 Å². The fourth-order valence-electron chi connectivity index (χ4n) is 4.01. The molecule has 8 nitrogen and oxygen atoms in total. The van der Waals surface area contributed by atoms with E-state index in [4.69, 9.17) is 23.4 Å². The Morgan fingerprint density at radius 2 is 1.72 bits per heavy atom. The Morgan fingerprint density at radius 1 is 0.938 bits per heavy atom. The van der Waals surface area contributed by atoms with E-state index in [0.717, 1.165) is 11.5 Å². The van der Waals surface area contributed by atoms with Crippen LogP contribution in [-0.2, 0) is 20.8 Å². The lowest BCUT2D eigenvalue weighted by atomic mass is 10.1. The Labute approximate surface area is 185 Å². The summed E-state index contributed by atoms with van der Waals surface area (Å²) in [4.78, 5) is 12.4. The number of nitrogens with two attached hydrogens (primary N) is 1. The SMILES string of the molecule is O=C(Nc1ccc(Oc2ccccc2)cc1)O[C@@H]1CO[C@H]2[C@@H]1OC[C@@H]2[NH2+]Cc1ccco1. The maximum Gasteiger partial charge on any atom is 0.412 e. The van der Waals surface area contributed by atoms with Crippen molar-refractivity contribution in [1.29, 1.82) is 0 Å². The van der Waals surface area contributed by atoms with Gasteiger partial charge in [0.1, 0.15) is 42.9 Å². The number of anilines is 1. The van der Waals surface area contributed by atoms with Gasteiger partial charge in [-0.15, -0.1) is 0 Å². The fraction of sp³-hybridized carbons (Fsp3) is 0.292. The van der Waals surface area contributed by atoms with Crippen LogP contribution in [0.15, 0.2) is 77.4 Å². The highest BCUT2D eigenvalue weighted by Gasteiger charge is 2.51. The van der Waals surface area contributed by atoms with Crippen molar-refractivity contribution in [2.24, 2.45) is 0 Å². The van der Waals surface area contributed by atoms with Gasteiger partial charge in [-0.1, -0.05) is 18.2 Å². The number of rotatable bonds is 7. The molecule has 166 valence electrons. The second-order valence-corrected chi connectivity index (χ2v) is 7.79. The fourth-order valence-corrected chi connectivity index (χ4v) is 4.01. The number of ether oxygens (including phenoxy) is 4. The van der Waals surface area contributed by atoms with Gasteiger partial charge in [-0.2, -0.15) is 0 Å². The number of nitrogens with one attached hydrogen (secondary N) is 1. The predicted molar refractivity (Wildman–Crippen MR) is 114 cm³/mol. The second-order valence-electron chi connectivity index (χ2n) is 7.79. The highest BCUT2D eigenvalue weighted by atomic mass is 16.6. The number of amides is 1. The molecule has 0 bridgehead atoms. The zero-order valence-corrected chi connectivity index (χ0v) is 17.4. The molecular formula is C24H25N2O6+. The van der Waals surface area contributed by atoms with Crippen LogP contribution < -0.4 is 15.4 Å². The van der Waals surface area contributed by atoms with Crippen molar-refractivity contribution >= 4 is 11.8 Å². The standard InChI is InChI=1S/C24H24N2O6/c27-24(26-16-8-10-18(11-9-16)31-17-5-2-1-3-6-17)32-21-15-30-22-20(14-29-23(21)22)25-13-19-7-4-12-28-19/h1-12,20-23,25H,13-15H2,(H,26,27)/p+1/t20-,21+,22+,23+/m0/s1. The van der Waals surface area contributed by atoms with Gasteiger partial charge < -0.3 is 28.7 Å². The van der Waals surface area contributed by atoms with Crippen LogP contribution in [0.25, 0.3) is 0 Å². The highest BCUT2D eigenvalue weighted by molar-refractivity contribution is 5.84. The summed E-state index contributed by atoms with van der Waals surface area (Å²) in [6.45, 7) is 1.57. The van der Waals surface area contributed by atoms with Gasteiger partial charge in [0, 0.05) is 5.69 Å². The number of hydrogen-bond donors (Lipinski definition) is 2. The first-order valence-corrected chi connectivity index (χ1v) is 10.6. The Kier molecular flexibility index (Phi) is 6.06. The number of furan rings is 1. The molecule has 2 aromatic carbocycles. The smallest absolute Gasteiger partial charge is 0.412 e. The molecule has 0 radical (unpaired) electrons. The van der Waals surface area contributed by atoms with Crippen molar-refractivity contribution in [2.75, 3.05) is 18.5 Å². The number of para-hydroxylation sites is 1. The average molecular weight is 437 g/mol. The third-order valence-electron chi connectivity index (χ3n) is 5.59. The molecule has 3 heterocycles. The van der Waals surface area contributed by atoms with E-state index in [1.54, 1.807) is 30.5 Å². The van der Waals surface area contributed by atoms with Crippen molar-refractivity contribution in [3.05, 3.63) is 78.8 Å². The normalized spacial score (nSPS) is 24.1. The first kappa shape index (κ1) is 20.6. The molecular weight excluding hydrogens is 412 g/mol. The molecule has 3 N–H and O–H groups in total. The van der Waals surface area contributed by atoms with Crippen LogP contribution in [0.2, 0.25) is 0 Å². The molecule has 1 aromatic heterocycles. The number of quaternary nitrogens is 1. The van der Waals surface area contributed by atoms with E-state index in [-0.39, 0.29) is 18.2 Å². The first-order chi connectivity index (χ1) is 15.7. The highest BCUT2D eigenvalue weighted by Crippen LogP contribution is 2.28. The molecule has 2 aliphatic rings. The summed E-state index contributed by atoms with van der Waals surface area (Å²) >= 11 is 0. The molecule has 0 spiro atoms. The van der Waals surface area contributed by atoms with Gasteiger partial charge in [-0.05, 0) is 48.5 Å². The van der Waals surface area contributed by atoms with Gasteiger partial charge >= 0.3 is 6.09 Å². The van der Waals surface area contributed by atoms with E-state index in [1.165, 1.54) is 0 Å². The Hall–Kier alpha value is -3.33. The lowest BCUT2D eigenvalue weighted by Gasteiger charge is -2.17. The summed E-state index contributed by atoms with van der Waals surface area (Å²) in [5.41, 5.74) is 0.614. The van der Waals surface area contributed by atoms with Gasteiger partial charge in [-0.3, -0.25) is 5.32 Å². The first-order valence-electron chi connectivity index (χ1n) is 10.6. The van der Waals surface area contributed by atoms with E-state index >= 15 is 0 Å². The Balaban J connectivity index is 1.10. The van der Waals surface area contributed by atoms with Crippen LogP contribution in [0.3, 0.4) is 0 Å². The zero-order chi connectivity index (χ0) is 21.8. The number of carbonyl (C=O) groups is 1. The van der Waals surface area contributed by atoms with Gasteiger partial charge in [0.2, 0.25) is 0 Å². The van der Waals surface area contributed by atoms with Crippen molar-refractivity contribution in [1.82, 2.24) is 0 Å². The summed E-state index contributed by atoms with van der Waals surface area (Å²) in [6.07, 6.45) is 0.304. The second kappa shape index (κ2) is 9.44. The van der Waals surface area contributed by atoms with Crippen molar-refractivity contribution in [3.63, 3.8) is 0 Å². The summed E-state index contributed by atoms with van der Waals surface area (Å²) in [5.74, 6) is 2.33. The number of fused-ring (bicyclic) bond motifs is 1. The third kappa shape index (κ3) is 4.77. The van der Waals surface area contributed by atoms with Crippen molar-refractivity contribution in [2.45, 2.75) is 30.9 Å². The average Bonchev–Trinajstić information content (AvgIpc) is 3.54. The Morgan fingerprint density at radius 3 is 2.50 bits per heavy atom. The van der Waals surface area contributed by atoms with Crippen LogP contribution >= 0.6 is 0 Å². The molecule has 0 saturated carbocycles. The van der Waals surface area contributed by atoms with Crippen LogP contribution in [0, 0.1) is 0 Å². The number of hydrogen-bond acceptors (Lipinski definition) is 6. The number of benzene rings is 2. The molecule has 5 rings (SSSR count). The van der Waals surface area contributed by atoms with E-state index in [2.05, 4.69) is 10.6 Å². The van der Waals surface area contributed by atoms with E-state index < -0.39 is 12.2 Å². The summed E-state index contributed by atoms with van der Waals surface area (Å²) < 4.78 is 28.5. The van der Waals surface area contributed by atoms with Crippen LogP contribution in [0.1, 0.15) is 5.76 Å². The lowest BCUT2D eigenvalue weighted by Crippen LogP contribution is -2.91. The molecule has 1 amide bonds. The summed E-state index contributed by atoms with van der Waals surface area (Å²) in [7, 11) is 0. The van der Waals surface area contributed by atoms with Gasteiger partial charge in [-0.25, -0.2) is 4.79 Å². The van der Waals surface area contributed by atoms with Gasteiger partial charge in [0.05, 0.1) is 12.9 Å². The van der Waals surface area contributed by atoms with Gasteiger partial charge in [0.25, 0.3) is 0 Å². The minimum atomic E-state index is -0.539. The summed E-state index contributed by atoms with van der Waals surface area (Å²) in [6, 6.07) is 20.6. The maximum atomic E-state index is 12.4. The molecule has 0 unspecified atom stereocenters. The molecule has 3 aromatic rings. The van der Waals surface area contributed by atoms with Gasteiger partial charge in [0.15, 0.2) is 11.9 Å². The van der Waals surface area contributed by atoms with E-state index in [0.29, 0.717) is 31.2 Å². The quantitative estimate of drug-likeness (QED) is 0.590. The molecule has 2 saturated heterocycles. The minimum Gasteiger partial charge on any atom is -0.463 e. The van der Waals surface area contributed by atoms with E-state index in [9.17, 15) is 4.79 Å². The molecule has 0 aliphatic carbocycles. The molecule has 4 atom stereocenters.